The van der Waals surface area contributed by atoms with E-state index in [1.54, 1.807) is 6.92 Å². The van der Waals surface area contributed by atoms with E-state index in [9.17, 15) is 9.59 Å². The fraction of sp³-hybridized carbons (Fsp3) is 0.545. The van der Waals surface area contributed by atoms with Gasteiger partial charge in [-0.05, 0) is 84.9 Å². The van der Waals surface area contributed by atoms with Crippen molar-refractivity contribution in [1.82, 2.24) is 10.2 Å². The van der Waals surface area contributed by atoms with Crippen LogP contribution in [0.1, 0.15) is 63.5 Å². The maximum absolute atomic E-state index is 12.8. The summed E-state index contributed by atoms with van der Waals surface area (Å²) in [4.78, 5) is 30.4. The first kappa shape index (κ1) is 23.0. The molecule has 4 rings (SSSR count). The Kier molecular flexibility index (Phi) is 7.56. The van der Waals surface area contributed by atoms with Crippen molar-refractivity contribution in [2.24, 2.45) is 0 Å². The molecule has 3 heterocycles. The van der Waals surface area contributed by atoms with Crippen LogP contribution >= 0.6 is 45.3 Å². The van der Waals surface area contributed by atoms with Crippen LogP contribution in [0.3, 0.4) is 0 Å². The molecule has 6 nitrogen and oxygen atoms in total. The Hall–Kier alpha value is -1.17. The Morgan fingerprint density at radius 2 is 1.90 bits per heavy atom. The van der Waals surface area contributed by atoms with E-state index in [2.05, 4.69) is 45.0 Å². The Morgan fingerprint density at radius 1 is 1.10 bits per heavy atom. The topological polar surface area (TPSA) is 70.7 Å². The van der Waals surface area contributed by atoms with E-state index in [-0.39, 0.29) is 12.0 Å². The Labute approximate surface area is 204 Å². The third kappa shape index (κ3) is 4.94. The smallest absolute Gasteiger partial charge is 0.341 e. The number of urea groups is 1. The SMILES string of the molecule is CCOC(=O)c1c(NC(=O)NCc2c(I)sc3c2CCN(CC)C3)sc2c1CCCC2. The van der Waals surface area contributed by atoms with Gasteiger partial charge in [-0.25, -0.2) is 9.59 Å². The number of esters is 1. The zero-order valence-corrected chi connectivity index (χ0v) is 21.7. The molecule has 1 aliphatic heterocycles. The molecule has 0 radical (unpaired) electrons. The van der Waals surface area contributed by atoms with E-state index in [0.29, 0.717) is 23.7 Å². The molecule has 9 heteroatoms. The Morgan fingerprint density at radius 3 is 2.68 bits per heavy atom. The van der Waals surface area contributed by atoms with Gasteiger partial charge in [0.1, 0.15) is 5.00 Å². The first-order valence-corrected chi connectivity index (χ1v) is 13.6. The zero-order valence-electron chi connectivity index (χ0n) is 17.9. The minimum absolute atomic E-state index is 0.272. The second kappa shape index (κ2) is 10.2. The van der Waals surface area contributed by atoms with Crippen molar-refractivity contribution < 1.29 is 14.3 Å². The predicted molar refractivity (Wildman–Crippen MR) is 134 cm³/mol. The van der Waals surface area contributed by atoms with Crippen molar-refractivity contribution in [3.05, 3.63) is 34.9 Å². The molecule has 0 bridgehead atoms. The molecule has 2 N–H and O–H groups in total. The quantitative estimate of drug-likeness (QED) is 0.370. The predicted octanol–water partition coefficient (Wildman–Crippen LogP) is 5.17. The fourth-order valence-corrected chi connectivity index (χ4v) is 8.04. The van der Waals surface area contributed by atoms with Gasteiger partial charge in [-0.3, -0.25) is 10.2 Å². The van der Waals surface area contributed by atoms with E-state index >= 15 is 0 Å². The summed E-state index contributed by atoms with van der Waals surface area (Å²) < 4.78 is 6.53. The number of nitrogens with zero attached hydrogens (tertiary/aromatic N) is 1. The molecule has 2 amide bonds. The Bertz CT molecular complexity index is 985. The fourth-order valence-electron chi connectivity index (χ4n) is 4.32. The molecule has 168 valence electrons. The van der Waals surface area contributed by atoms with Gasteiger partial charge in [0.15, 0.2) is 0 Å². The first-order valence-electron chi connectivity index (χ1n) is 10.9. The van der Waals surface area contributed by atoms with Crippen molar-refractivity contribution in [2.75, 3.05) is 25.0 Å². The van der Waals surface area contributed by atoms with Gasteiger partial charge in [-0.15, -0.1) is 22.7 Å². The third-order valence-corrected chi connectivity index (χ3v) is 9.51. The molecule has 0 unspecified atom stereocenters. The summed E-state index contributed by atoms with van der Waals surface area (Å²) in [6.45, 7) is 7.97. The second-order valence-corrected chi connectivity index (χ2v) is 11.8. The molecule has 2 aromatic rings. The van der Waals surface area contributed by atoms with Crippen molar-refractivity contribution >= 4 is 62.3 Å². The number of halogens is 1. The molecular formula is C22H28IN3O3S2. The average Bonchev–Trinajstić information content (AvgIpc) is 3.27. The number of ether oxygens (including phenoxy) is 1. The summed E-state index contributed by atoms with van der Waals surface area (Å²) in [6.07, 6.45) is 5.06. The lowest BCUT2D eigenvalue weighted by Crippen LogP contribution is -2.31. The van der Waals surface area contributed by atoms with E-state index < -0.39 is 0 Å². The number of aryl methyl sites for hydroxylation is 1. The second-order valence-electron chi connectivity index (χ2n) is 7.82. The number of thiophene rings is 2. The number of likely N-dealkylation sites (N-methyl/N-ethyl adjacent to an activating group) is 1. The van der Waals surface area contributed by atoms with Crippen molar-refractivity contribution in [1.29, 1.82) is 0 Å². The van der Waals surface area contributed by atoms with E-state index in [0.717, 1.165) is 57.3 Å². The standard InChI is InChI=1S/C22H28IN3O3S2/c1-3-26-10-9-13-15(19(23)30-17(13)12-26)11-24-22(28)25-20-18(21(27)29-4-2)14-7-5-6-8-16(14)31-20/h3-12H2,1-2H3,(H2,24,25,28). The average molecular weight is 574 g/mol. The molecule has 0 aromatic carbocycles. The van der Waals surface area contributed by atoms with Gasteiger partial charge in [0.25, 0.3) is 0 Å². The summed E-state index contributed by atoms with van der Waals surface area (Å²) in [5.74, 6) is -0.334. The molecule has 31 heavy (non-hydrogen) atoms. The molecule has 0 spiro atoms. The molecule has 2 aromatic heterocycles. The molecule has 0 saturated carbocycles. The van der Waals surface area contributed by atoms with Crippen molar-refractivity contribution in [3.8, 4) is 0 Å². The molecule has 0 atom stereocenters. The zero-order chi connectivity index (χ0) is 22.0. The van der Waals surface area contributed by atoms with Gasteiger partial charge in [-0.2, -0.15) is 0 Å². The van der Waals surface area contributed by atoms with Gasteiger partial charge < -0.3 is 10.1 Å². The molecule has 1 aliphatic carbocycles. The maximum Gasteiger partial charge on any atom is 0.341 e. The summed E-state index contributed by atoms with van der Waals surface area (Å²) in [5.41, 5.74) is 4.26. The number of carbonyl (C=O) groups is 2. The summed E-state index contributed by atoms with van der Waals surface area (Å²) in [7, 11) is 0. The highest BCUT2D eigenvalue weighted by atomic mass is 127. The minimum Gasteiger partial charge on any atom is -0.462 e. The van der Waals surface area contributed by atoms with Crippen molar-refractivity contribution in [2.45, 2.75) is 59.0 Å². The van der Waals surface area contributed by atoms with Crippen LogP contribution in [0.15, 0.2) is 0 Å². The normalized spacial score (nSPS) is 15.8. The van der Waals surface area contributed by atoms with Crippen LogP contribution in [0.5, 0.6) is 0 Å². The van der Waals surface area contributed by atoms with Crippen LogP contribution < -0.4 is 10.6 Å². The lowest BCUT2D eigenvalue weighted by atomic mass is 9.95. The third-order valence-electron chi connectivity index (χ3n) is 5.95. The number of rotatable bonds is 6. The molecule has 0 fully saturated rings. The maximum atomic E-state index is 12.8. The monoisotopic (exact) mass is 573 g/mol. The molecular weight excluding hydrogens is 545 g/mol. The number of hydrogen-bond donors (Lipinski definition) is 2. The molecule has 2 aliphatic rings. The van der Waals surface area contributed by atoms with Gasteiger partial charge in [-0.1, -0.05) is 6.92 Å². The van der Waals surface area contributed by atoms with E-state index in [1.807, 2.05) is 11.3 Å². The van der Waals surface area contributed by atoms with Crippen LogP contribution in [0.4, 0.5) is 9.80 Å². The number of fused-ring (bicyclic) bond motifs is 2. The first-order chi connectivity index (χ1) is 15.0. The highest BCUT2D eigenvalue weighted by Gasteiger charge is 2.28. The van der Waals surface area contributed by atoms with Crippen LogP contribution in [-0.2, 0) is 37.1 Å². The number of hydrogen-bond acceptors (Lipinski definition) is 6. The molecule has 0 saturated heterocycles. The lowest BCUT2D eigenvalue weighted by molar-refractivity contribution is 0.0526. The number of carbonyl (C=O) groups excluding carboxylic acids is 2. The number of nitrogens with one attached hydrogen (secondary N) is 2. The van der Waals surface area contributed by atoms with Gasteiger partial charge in [0.2, 0.25) is 0 Å². The number of anilines is 1. The van der Waals surface area contributed by atoms with Crippen LogP contribution in [0.2, 0.25) is 0 Å². The largest absolute Gasteiger partial charge is 0.462 e. The highest BCUT2D eigenvalue weighted by molar-refractivity contribution is 14.1. The minimum atomic E-state index is -0.334. The van der Waals surface area contributed by atoms with Crippen LogP contribution in [0.25, 0.3) is 0 Å². The van der Waals surface area contributed by atoms with Crippen molar-refractivity contribution in [3.63, 3.8) is 0 Å². The van der Waals surface area contributed by atoms with Crippen LogP contribution in [0, 0.1) is 2.88 Å². The van der Waals surface area contributed by atoms with E-state index in [1.165, 1.54) is 35.1 Å². The van der Waals surface area contributed by atoms with Gasteiger partial charge >= 0.3 is 12.0 Å². The number of amides is 2. The Balaban J connectivity index is 1.46. The highest BCUT2D eigenvalue weighted by Crippen LogP contribution is 2.39. The van der Waals surface area contributed by atoms with Crippen LogP contribution in [-0.4, -0.2) is 36.6 Å². The van der Waals surface area contributed by atoms with E-state index in [4.69, 9.17) is 4.74 Å². The van der Waals surface area contributed by atoms with Gasteiger partial charge in [0, 0.05) is 29.4 Å². The summed E-state index contributed by atoms with van der Waals surface area (Å²) >= 11 is 5.74. The lowest BCUT2D eigenvalue weighted by Gasteiger charge is -2.25. The van der Waals surface area contributed by atoms with Gasteiger partial charge in [0.05, 0.1) is 15.1 Å². The summed E-state index contributed by atoms with van der Waals surface area (Å²) in [5, 5.41) is 6.58. The summed E-state index contributed by atoms with van der Waals surface area (Å²) in [6, 6.07) is -0.272.